The second-order valence-corrected chi connectivity index (χ2v) is 7.21. The van der Waals surface area contributed by atoms with Crippen LogP contribution in [0.25, 0.3) is 0 Å². The molecule has 1 fully saturated rings. The molecule has 1 saturated carbocycles. The van der Waals surface area contributed by atoms with Crippen LogP contribution in [0.2, 0.25) is 0 Å². The number of amides is 1. The van der Waals surface area contributed by atoms with Crippen molar-refractivity contribution in [2.24, 2.45) is 0 Å². The van der Waals surface area contributed by atoms with Gasteiger partial charge in [-0.05, 0) is 31.0 Å². The van der Waals surface area contributed by atoms with Gasteiger partial charge in [-0.1, -0.05) is 19.3 Å². The Bertz CT molecular complexity index is 637. The summed E-state index contributed by atoms with van der Waals surface area (Å²) in [6.45, 7) is 1.36. The maximum absolute atomic E-state index is 12.5. The van der Waals surface area contributed by atoms with Crippen molar-refractivity contribution in [1.29, 1.82) is 0 Å². The van der Waals surface area contributed by atoms with Gasteiger partial charge in [-0.2, -0.15) is 0 Å². The van der Waals surface area contributed by atoms with Gasteiger partial charge < -0.3 is 10.1 Å². The second-order valence-electron chi connectivity index (χ2n) is 5.50. The Kier molecular flexibility index (Phi) is 5.42. The van der Waals surface area contributed by atoms with E-state index in [-0.39, 0.29) is 16.8 Å². The molecule has 7 heteroatoms. The third-order valence-electron chi connectivity index (χ3n) is 3.72. The van der Waals surface area contributed by atoms with E-state index in [2.05, 4.69) is 10.0 Å². The molecule has 0 atom stereocenters. The summed E-state index contributed by atoms with van der Waals surface area (Å²) in [7, 11) is -2.13. The van der Waals surface area contributed by atoms with Crippen molar-refractivity contribution in [2.75, 3.05) is 12.4 Å². The zero-order valence-electron chi connectivity index (χ0n) is 12.9. The van der Waals surface area contributed by atoms with E-state index in [1.165, 1.54) is 26.2 Å². The molecule has 0 saturated heterocycles. The number of nitrogens with one attached hydrogen (secondary N) is 2. The molecule has 0 heterocycles. The lowest BCUT2D eigenvalue weighted by Crippen LogP contribution is -2.36. The summed E-state index contributed by atoms with van der Waals surface area (Å²) in [6.07, 6.45) is 5.00. The zero-order valence-corrected chi connectivity index (χ0v) is 13.7. The lowest BCUT2D eigenvalue weighted by molar-refractivity contribution is -0.114. The highest BCUT2D eigenvalue weighted by atomic mass is 32.2. The van der Waals surface area contributed by atoms with Crippen LogP contribution in [0.1, 0.15) is 39.0 Å². The Morgan fingerprint density at radius 1 is 1.23 bits per heavy atom. The molecule has 2 N–H and O–H groups in total. The minimum absolute atomic E-state index is 0.00920. The number of ether oxygens (including phenoxy) is 1. The van der Waals surface area contributed by atoms with Crippen molar-refractivity contribution >= 4 is 21.6 Å². The lowest BCUT2D eigenvalue weighted by Gasteiger charge is -2.22. The first-order valence-electron chi connectivity index (χ1n) is 7.40. The Labute approximate surface area is 131 Å². The molecule has 0 unspecified atom stereocenters. The fraction of sp³-hybridized carbons (Fsp3) is 0.533. The van der Waals surface area contributed by atoms with E-state index < -0.39 is 10.0 Å². The number of benzene rings is 1. The van der Waals surface area contributed by atoms with E-state index in [1.807, 2.05) is 0 Å². The van der Waals surface area contributed by atoms with Crippen LogP contribution in [0.5, 0.6) is 5.75 Å². The van der Waals surface area contributed by atoms with Gasteiger partial charge in [-0.3, -0.25) is 4.79 Å². The van der Waals surface area contributed by atoms with Crippen molar-refractivity contribution < 1.29 is 17.9 Å². The minimum Gasteiger partial charge on any atom is -0.495 e. The van der Waals surface area contributed by atoms with Crippen molar-refractivity contribution in [1.82, 2.24) is 4.72 Å². The Balaban J connectivity index is 2.24. The summed E-state index contributed by atoms with van der Waals surface area (Å²) in [4.78, 5) is 11.4. The molecule has 0 aromatic heterocycles. The molecule has 22 heavy (non-hydrogen) atoms. The topological polar surface area (TPSA) is 84.5 Å². The first kappa shape index (κ1) is 16.8. The van der Waals surface area contributed by atoms with Gasteiger partial charge in [0, 0.05) is 13.0 Å². The summed E-state index contributed by atoms with van der Waals surface area (Å²) in [5, 5.41) is 2.58. The van der Waals surface area contributed by atoms with Crippen LogP contribution < -0.4 is 14.8 Å². The predicted molar refractivity (Wildman–Crippen MR) is 84.5 cm³/mol. The molecule has 0 spiro atoms. The van der Waals surface area contributed by atoms with Gasteiger partial charge in [-0.25, -0.2) is 13.1 Å². The number of methoxy groups -OCH3 is 1. The first-order valence-corrected chi connectivity index (χ1v) is 8.88. The van der Waals surface area contributed by atoms with Crippen LogP contribution in [0.15, 0.2) is 23.1 Å². The van der Waals surface area contributed by atoms with Crippen molar-refractivity contribution in [3.63, 3.8) is 0 Å². The monoisotopic (exact) mass is 326 g/mol. The Morgan fingerprint density at radius 2 is 1.91 bits per heavy atom. The standard InChI is InChI=1S/C15H22N2O4S/c1-11(18)16-14-10-13(8-9-15(14)21-2)22(19,20)17-12-6-4-3-5-7-12/h8-10,12,17H,3-7H2,1-2H3,(H,16,18). The molecule has 1 aromatic rings. The molecule has 0 aliphatic heterocycles. The number of carbonyl (C=O) groups is 1. The molecule has 1 aliphatic carbocycles. The molecule has 122 valence electrons. The molecule has 0 radical (unpaired) electrons. The summed E-state index contributed by atoms with van der Waals surface area (Å²) < 4.78 is 32.8. The van der Waals surface area contributed by atoms with E-state index in [9.17, 15) is 13.2 Å². The molecule has 1 aliphatic rings. The number of carbonyl (C=O) groups excluding carboxylic acids is 1. The zero-order chi connectivity index (χ0) is 16.2. The van der Waals surface area contributed by atoms with Crippen LogP contribution >= 0.6 is 0 Å². The minimum atomic E-state index is -3.60. The van der Waals surface area contributed by atoms with Gasteiger partial charge in [-0.15, -0.1) is 0 Å². The van der Waals surface area contributed by atoms with E-state index >= 15 is 0 Å². The average Bonchev–Trinajstić information content (AvgIpc) is 2.47. The van der Waals surface area contributed by atoms with Gasteiger partial charge in [0.15, 0.2) is 0 Å². The third-order valence-corrected chi connectivity index (χ3v) is 5.24. The smallest absolute Gasteiger partial charge is 0.240 e. The van der Waals surface area contributed by atoms with Gasteiger partial charge >= 0.3 is 0 Å². The normalized spacial score (nSPS) is 16.3. The van der Waals surface area contributed by atoms with Gasteiger partial charge in [0.2, 0.25) is 15.9 Å². The average molecular weight is 326 g/mol. The number of rotatable bonds is 5. The van der Waals surface area contributed by atoms with E-state index in [0.29, 0.717) is 11.4 Å². The fourth-order valence-electron chi connectivity index (χ4n) is 2.65. The lowest BCUT2D eigenvalue weighted by atomic mass is 9.96. The molecule has 1 aromatic carbocycles. The number of hydrogen-bond acceptors (Lipinski definition) is 4. The summed E-state index contributed by atoms with van der Waals surface area (Å²) in [6, 6.07) is 4.44. The number of hydrogen-bond donors (Lipinski definition) is 2. The maximum Gasteiger partial charge on any atom is 0.240 e. The first-order chi connectivity index (χ1) is 10.4. The van der Waals surface area contributed by atoms with Crippen LogP contribution in [-0.4, -0.2) is 27.5 Å². The van der Waals surface area contributed by atoms with Gasteiger partial charge in [0.1, 0.15) is 5.75 Å². The predicted octanol–water partition coefficient (Wildman–Crippen LogP) is 2.26. The van der Waals surface area contributed by atoms with Crippen LogP contribution in [0, 0.1) is 0 Å². The summed E-state index contributed by atoms with van der Waals surface area (Å²) in [5.41, 5.74) is 0.349. The molecule has 1 amide bonds. The number of sulfonamides is 1. The largest absolute Gasteiger partial charge is 0.495 e. The van der Waals surface area contributed by atoms with Crippen LogP contribution in [0.4, 0.5) is 5.69 Å². The molecule has 0 bridgehead atoms. The van der Waals surface area contributed by atoms with Crippen molar-refractivity contribution in [3.05, 3.63) is 18.2 Å². The maximum atomic E-state index is 12.5. The second kappa shape index (κ2) is 7.11. The van der Waals surface area contributed by atoms with E-state index in [1.54, 1.807) is 6.07 Å². The molecular formula is C15H22N2O4S. The molecule has 6 nitrogen and oxygen atoms in total. The molecular weight excluding hydrogens is 304 g/mol. The summed E-state index contributed by atoms with van der Waals surface area (Å²) >= 11 is 0. The van der Waals surface area contributed by atoms with E-state index in [4.69, 9.17) is 4.74 Å². The third kappa shape index (κ3) is 4.20. The molecule has 2 rings (SSSR count). The highest BCUT2D eigenvalue weighted by Gasteiger charge is 2.22. The SMILES string of the molecule is COc1ccc(S(=O)(=O)NC2CCCCC2)cc1NC(C)=O. The van der Waals surface area contributed by atoms with Crippen LogP contribution in [0.3, 0.4) is 0 Å². The quantitative estimate of drug-likeness (QED) is 0.869. The summed E-state index contributed by atoms with van der Waals surface area (Å²) in [5.74, 6) is 0.139. The highest BCUT2D eigenvalue weighted by Crippen LogP contribution is 2.28. The number of anilines is 1. The fourth-order valence-corrected chi connectivity index (χ4v) is 3.98. The van der Waals surface area contributed by atoms with Gasteiger partial charge in [0.05, 0.1) is 17.7 Å². The van der Waals surface area contributed by atoms with Crippen molar-refractivity contribution in [3.8, 4) is 5.75 Å². The van der Waals surface area contributed by atoms with Crippen molar-refractivity contribution in [2.45, 2.75) is 50.0 Å². The van der Waals surface area contributed by atoms with Crippen LogP contribution in [-0.2, 0) is 14.8 Å². The Hall–Kier alpha value is -1.60. The Morgan fingerprint density at radius 3 is 2.50 bits per heavy atom. The van der Waals surface area contributed by atoms with E-state index in [0.717, 1.165) is 32.1 Å². The van der Waals surface area contributed by atoms with Gasteiger partial charge in [0.25, 0.3) is 0 Å². The highest BCUT2D eigenvalue weighted by molar-refractivity contribution is 7.89.